The number of likely N-dealkylation sites (tertiary alicyclic amines) is 1. The first-order valence-corrected chi connectivity index (χ1v) is 9.89. The Bertz CT molecular complexity index is 1080. The van der Waals surface area contributed by atoms with E-state index in [1.165, 1.54) is 0 Å². The first-order valence-electron chi connectivity index (χ1n) is 9.51. The summed E-state index contributed by atoms with van der Waals surface area (Å²) < 4.78 is 0. The fourth-order valence-corrected chi connectivity index (χ4v) is 3.74. The Kier molecular flexibility index (Phi) is 6.25. The third-order valence-electron chi connectivity index (χ3n) is 5.43. The van der Waals surface area contributed by atoms with Gasteiger partial charge in [-0.15, -0.1) is 0 Å². The topological polar surface area (TPSA) is 114 Å². The zero-order chi connectivity index (χ0) is 22.0. The van der Waals surface area contributed by atoms with Gasteiger partial charge in [0.05, 0.1) is 34.7 Å². The molecule has 1 saturated heterocycles. The molecule has 1 heterocycles. The highest BCUT2D eigenvalue weighted by Gasteiger charge is 2.33. The zero-order valence-electron chi connectivity index (χ0n) is 16.9. The van der Waals surface area contributed by atoms with Crippen molar-refractivity contribution < 1.29 is 9.90 Å². The van der Waals surface area contributed by atoms with Crippen LogP contribution in [0, 0.1) is 30.6 Å². The van der Waals surface area contributed by atoms with Crippen LogP contribution in [-0.2, 0) is 0 Å². The molecule has 30 heavy (non-hydrogen) atoms. The highest BCUT2D eigenvalue weighted by atomic mass is 35.5. The molecule has 1 fully saturated rings. The Morgan fingerprint density at radius 1 is 1.23 bits per heavy atom. The predicted octanol–water partition coefficient (Wildman–Crippen LogP) is 3.29. The minimum Gasteiger partial charge on any atom is -0.397 e. The van der Waals surface area contributed by atoms with Crippen molar-refractivity contribution in [2.45, 2.75) is 19.8 Å². The number of nitrogens with one attached hydrogen (secondary N) is 1. The number of rotatable bonds is 5. The lowest BCUT2D eigenvalue weighted by Crippen LogP contribution is -2.48. The summed E-state index contributed by atoms with van der Waals surface area (Å²) >= 11 is 6.12. The number of benzene rings is 2. The van der Waals surface area contributed by atoms with E-state index in [1.807, 2.05) is 32.0 Å². The van der Waals surface area contributed by atoms with Crippen LogP contribution >= 0.6 is 11.6 Å². The lowest BCUT2D eigenvalue weighted by atomic mass is 9.89. The fourth-order valence-electron chi connectivity index (χ4n) is 3.58. The fraction of sp³-hybridized carbons (Fsp3) is 0.261. The minimum absolute atomic E-state index is 0.0207. The predicted molar refractivity (Wildman–Crippen MR) is 117 cm³/mol. The molecule has 1 amide bonds. The van der Waals surface area contributed by atoms with Crippen LogP contribution in [0.15, 0.2) is 41.4 Å². The highest BCUT2D eigenvalue weighted by molar-refractivity contribution is 6.46. The van der Waals surface area contributed by atoms with Crippen LogP contribution in [0.3, 0.4) is 0 Å². The van der Waals surface area contributed by atoms with Crippen molar-refractivity contribution in [3.63, 3.8) is 0 Å². The monoisotopic (exact) mass is 422 g/mol. The van der Waals surface area contributed by atoms with Crippen molar-refractivity contribution in [2.75, 3.05) is 19.7 Å². The van der Waals surface area contributed by atoms with E-state index in [0.29, 0.717) is 29.8 Å². The number of aliphatic hydroxyl groups is 1. The third kappa shape index (κ3) is 4.09. The molecule has 0 spiro atoms. The van der Waals surface area contributed by atoms with Gasteiger partial charge in [0.25, 0.3) is 5.91 Å². The van der Waals surface area contributed by atoms with E-state index < -0.39 is 6.61 Å². The summed E-state index contributed by atoms with van der Waals surface area (Å²) in [6, 6.07) is 13.1. The number of nitriles is 1. The van der Waals surface area contributed by atoms with Crippen molar-refractivity contribution in [3.8, 4) is 6.07 Å². The largest absolute Gasteiger partial charge is 0.397 e. The van der Waals surface area contributed by atoms with Gasteiger partial charge in [-0.3, -0.25) is 4.79 Å². The van der Waals surface area contributed by atoms with Crippen LogP contribution in [-0.4, -0.2) is 41.3 Å². The number of hydrogen-bond donors (Lipinski definition) is 3. The van der Waals surface area contributed by atoms with Crippen molar-refractivity contribution in [3.05, 3.63) is 74.8 Å². The summed E-state index contributed by atoms with van der Waals surface area (Å²) in [6.07, 6.45) is 0. The Morgan fingerprint density at radius 3 is 2.40 bits per heavy atom. The lowest BCUT2D eigenvalue weighted by Gasteiger charge is -2.40. The van der Waals surface area contributed by atoms with Crippen molar-refractivity contribution in [2.24, 2.45) is 5.73 Å². The molecule has 0 aliphatic carbocycles. The number of nitrogens with two attached hydrogens (primary N) is 1. The quantitative estimate of drug-likeness (QED) is 0.641. The molecule has 0 atom stereocenters. The van der Waals surface area contributed by atoms with Crippen LogP contribution in [0.25, 0.3) is 5.70 Å². The molecular formula is C23H23ClN4O2. The Hall–Kier alpha value is -3.14. The maximum absolute atomic E-state index is 13.1. The molecule has 6 nitrogen and oxygen atoms in total. The summed E-state index contributed by atoms with van der Waals surface area (Å²) in [4.78, 5) is 14.9. The van der Waals surface area contributed by atoms with Gasteiger partial charge in [-0.2, -0.15) is 5.26 Å². The highest BCUT2D eigenvalue weighted by Crippen LogP contribution is 2.31. The van der Waals surface area contributed by atoms with Crippen LogP contribution in [0.4, 0.5) is 0 Å². The minimum atomic E-state index is -0.513. The smallest absolute Gasteiger partial charge is 0.254 e. The number of aryl methyl sites for hydroxylation is 2. The van der Waals surface area contributed by atoms with E-state index >= 15 is 0 Å². The first kappa shape index (κ1) is 21.6. The van der Waals surface area contributed by atoms with E-state index in [-0.39, 0.29) is 28.3 Å². The van der Waals surface area contributed by atoms with Crippen LogP contribution in [0.1, 0.15) is 44.1 Å². The van der Waals surface area contributed by atoms with Gasteiger partial charge in [0.1, 0.15) is 0 Å². The second kappa shape index (κ2) is 8.70. The number of carbonyl (C=O) groups excluding carboxylic acids is 1. The van der Waals surface area contributed by atoms with Gasteiger partial charge < -0.3 is 21.1 Å². The normalized spacial score (nSPS) is 14.6. The number of hydrogen-bond acceptors (Lipinski definition) is 5. The Morgan fingerprint density at radius 2 is 1.83 bits per heavy atom. The molecule has 154 valence electrons. The molecule has 0 saturated carbocycles. The summed E-state index contributed by atoms with van der Waals surface area (Å²) in [7, 11) is 0. The number of aliphatic hydroxyl groups excluding tert-OH is 1. The van der Waals surface area contributed by atoms with Crippen molar-refractivity contribution >= 4 is 28.9 Å². The Balaban J connectivity index is 1.82. The van der Waals surface area contributed by atoms with E-state index in [4.69, 9.17) is 33.1 Å². The maximum atomic E-state index is 13.1. The molecule has 2 aromatic carbocycles. The molecule has 1 aliphatic heterocycles. The van der Waals surface area contributed by atoms with Gasteiger partial charge in [0.2, 0.25) is 0 Å². The molecule has 0 radical (unpaired) electrons. The van der Waals surface area contributed by atoms with E-state index in [0.717, 1.165) is 16.7 Å². The molecule has 0 aromatic heterocycles. The van der Waals surface area contributed by atoms with Gasteiger partial charge in [0.15, 0.2) is 0 Å². The average molecular weight is 423 g/mol. The molecule has 0 bridgehead atoms. The summed E-state index contributed by atoms with van der Waals surface area (Å²) in [5.74, 6) is 0.163. The zero-order valence-corrected chi connectivity index (χ0v) is 17.6. The number of carbonyl (C=O) groups is 1. The van der Waals surface area contributed by atoms with E-state index in [1.54, 1.807) is 23.1 Å². The van der Waals surface area contributed by atoms with E-state index in [2.05, 4.69) is 6.07 Å². The summed E-state index contributed by atoms with van der Waals surface area (Å²) in [5.41, 5.74) is 10.6. The van der Waals surface area contributed by atoms with Crippen LogP contribution in [0.5, 0.6) is 0 Å². The summed E-state index contributed by atoms with van der Waals surface area (Å²) in [6.45, 7) is 4.43. The number of halogens is 1. The second-order valence-electron chi connectivity index (χ2n) is 7.49. The van der Waals surface area contributed by atoms with Crippen molar-refractivity contribution in [1.82, 2.24) is 4.90 Å². The van der Waals surface area contributed by atoms with Crippen LogP contribution < -0.4 is 5.73 Å². The molecule has 7 heteroatoms. The lowest BCUT2D eigenvalue weighted by molar-refractivity contribution is 0.0601. The number of amides is 1. The molecule has 4 N–H and O–H groups in total. The second-order valence-corrected chi connectivity index (χ2v) is 7.87. The maximum Gasteiger partial charge on any atom is 0.254 e. The molecular weight excluding hydrogens is 400 g/mol. The average Bonchev–Trinajstić information content (AvgIpc) is 2.71. The van der Waals surface area contributed by atoms with Gasteiger partial charge in [-0.25, -0.2) is 0 Å². The molecule has 3 rings (SSSR count). The number of nitrogens with zero attached hydrogens (tertiary/aromatic N) is 2. The van der Waals surface area contributed by atoms with Gasteiger partial charge >= 0.3 is 0 Å². The van der Waals surface area contributed by atoms with E-state index in [9.17, 15) is 4.79 Å². The summed E-state index contributed by atoms with van der Waals surface area (Å²) in [5, 5.41) is 25.7. The molecule has 0 unspecified atom stereocenters. The van der Waals surface area contributed by atoms with Crippen LogP contribution in [0.2, 0.25) is 0 Å². The standard InChI is InChI=1S/C23H23ClN4O2/c1-13-7-14(2)19(8-18(13)22(27)21(24)20(26)12-29)23(30)28-10-17(11-28)16-5-3-15(9-25)4-6-16/h3-8,17,26,29H,10-12,27H2,1-2H3/b22-21+,26-20?. The first-order chi connectivity index (χ1) is 14.3. The SMILES string of the molecule is Cc1cc(C)c(/C(N)=C(\Cl)C(=N)CO)cc1C(=O)N1CC(c2ccc(C#N)cc2)C1. The van der Waals surface area contributed by atoms with Gasteiger partial charge in [-0.1, -0.05) is 29.8 Å². The van der Waals surface area contributed by atoms with Gasteiger partial charge in [-0.05, 0) is 48.7 Å². The molecule has 1 aliphatic rings. The van der Waals surface area contributed by atoms with Gasteiger partial charge in [0, 0.05) is 30.1 Å². The Labute approximate surface area is 180 Å². The molecule has 2 aromatic rings. The van der Waals surface area contributed by atoms with Crippen molar-refractivity contribution in [1.29, 1.82) is 10.7 Å². The third-order valence-corrected chi connectivity index (χ3v) is 5.86.